The Balaban J connectivity index is 2.01. The molecule has 0 aliphatic rings. The van der Waals surface area contributed by atoms with Gasteiger partial charge in [0.25, 0.3) is 0 Å². The first kappa shape index (κ1) is 13.4. The van der Waals surface area contributed by atoms with Crippen LogP contribution in [0.1, 0.15) is 5.56 Å². The van der Waals surface area contributed by atoms with Gasteiger partial charge in [-0.15, -0.1) is 0 Å². The first-order chi connectivity index (χ1) is 9.67. The maximum absolute atomic E-state index is 5.36. The largest absolute Gasteiger partial charge is 0.495 e. The monoisotopic (exact) mass is 348 g/mol. The van der Waals surface area contributed by atoms with Gasteiger partial charge in [0.05, 0.1) is 23.0 Å². The number of nitrogens with zero attached hydrogens (tertiary/aromatic N) is 1. The Hall–Kier alpha value is -1.59. The molecule has 0 aliphatic carbocycles. The summed E-state index contributed by atoms with van der Waals surface area (Å²) in [4.78, 5) is 4.65. The highest BCUT2D eigenvalue weighted by molar-refractivity contribution is 9.10. The Bertz CT molecular complexity index is 770. The van der Waals surface area contributed by atoms with Crippen molar-refractivity contribution in [2.45, 2.75) is 6.92 Å². The minimum absolute atomic E-state index is 0.796. The molecule has 1 aromatic heterocycles. The molecule has 0 amide bonds. The normalized spacial score (nSPS) is 10.8. The summed E-state index contributed by atoms with van der Waals surface area (Å²) in [6.45, 7) is 2.07. The number of thiazole rings is 1. The van der Waals surface area contributed by atoms with E-state index in [9.17, 15) is 0 Å². The molecule has 0 aliphatic heterocycles. The zero-order valence-corrected chi connectivity index (χ0v) is 13.5. The zero-order chi connectivity index (χ0) is 14.1. The first-order valence-electron chi connectivity index (χ1n) is 6.14. The van der Waals surface area contributed by atoms with Gasteiger partial charge in [-0.2, -0.15) is 0 Å². The minimum atomic E-state index is 0.796. The van der Waals surface area contributed by atoms with Gasteiger partial charge in [0.2, 0.25) is 0 Å². The molecule has 0 atom stereocenters. The van der Waals surface area contributed by atoms with E-state index in [1.54, 1.807) is 18.4 Å². The fourth-order valence-electron chi connectivity index (χ4n) is 2.03. The summed E-state index contributed by atoms with van der Waals surface area (Å²) in [5.41, 5.74) is 3.14. The molecule has 0 spiro atoms. The molecule has 0 fully saturated rings. The molecule has 0 saturated carbocycles. The van der Waals surface area contributed by atoms with Gasteiger partial charge in [-0.3, -0.25) is 0 Å². The summed E-state index contributed by atoms with van der Waals surface area (Å²) in [6, 6.07) is 12.1. The average Bonchev–Trinajstić information content (AvgIpc) is 2.83. The molecule has 102 valence electrons. The van der Waals surface area contributed by atoms with Crippen LogP contribution in [0, 0.1) is 6.92 Å². The van der Waals surface area contributed by atoms with Crippen LogP contribution >= 0.6 is 27.3 Å². The van der Waals surface area contributed by atoms with Gasteiger partial charge in [0.1, 0.15) is 5.75 Å². The van der Waals surface area contributed by atoms with Crippen LogP contribution in [0.2, 0.25) is 0 Å². The number of aromatic nitrogens is 1. The second kappa shape index (κ2) is 5.42. The summed E-state index contributed by atoms with van der Waals surface area (Å²) < 4.78 is 7.54. The van der Waals surface area contributed by atoms with Gasteiger partial charge in [0.15, 0.2) is 5.13 Å². The number of halogens is 1. The number of methoxy groups -OCH3 is 1. The van der Waals surface area contributed by atoms with E-state index < -0.39 is 0 Å². The summed E-state index contributed by atoms with van der Waals surface area (Å²) in [7, 11) is 1.66. The number of nitrogens with one attached hydrogen (secondary N) is 1. The molecule has 20 heavy (non-hydrogen) atoms. The number of ether oxygens (including phenoxy) is 1. The lowest BCUT2D eigenvalue weighted by molar-refractivity contribution is 0.417. The van der Waals surface area contributed by atoms with Crippen LogP contribution in [-0.2, 0) is 0 Å². The molecule has 0 bridgehead atoms. The van der Waals surface area contributed by atoms with Crippen molar-refractivity contribution in [2.75, 3.05) is 12.4 Å². The highest BCUT2D eigenvalue weighted by atomic mass is 79.9. The van der Waals surface area contributed by atoms with E-state index in [1.165, 1.54) is 10.3 Å². The highest BCUT2D eigenvalue weighted by Gasteiger charge is 2.09. The molecular weight excluding hydrogens is 336 g/mol. The van der Waals surface area contributed by atoms with Crippen molar-refractivity contribution < 1.29 is 4.74 Å². The van der Waals surface area contributed by atoms with Gasteiger partial charge >= 0.3 is 0 Å². The van der Waals surface area contributed by atoms with E-state index in [0.29, 0.717) is 0 Å². The number of fused-ring (bicyclic) bond motifs is 1. The van der Waals surface area contributed by atoms with Gasteiger partial charge in [0, 0.05) is 4.47 Å². The van der Waals surface area contributed by atoms with Gasteiger partial charge in [-0.25, -0.2) is 4.98 Å². The third-order valence-corrected chi connectivity index (χ3v) is 4.45. The SMILES string of the molecule is COc1ccc(Br)cc1Nc1nc2c(C)cccc2s1. The van der Waals surface area contributed by atoms with E-state index in [4.69, 9.17) is 4.74 Å². The summed E-state index contributed by atoms with van der Waals surface area (Å²) in [5, 5.41) is 4.20. The number of para-hydroxylation sites is 1. The molecule has 2 aromatic carbocycles. The van der Waals surface area contributed by atoms with E-state index in [1.807, 2.05) is 18.2 Å². The second-order valence-electron chi connectivity index (χ2n) is 4.41. The molecule has 5 heteroatoms. The van der Waals surface area contributed by atoms with Crippen LogP contribution in [-0.4, -0.2) is 12.1 Å². The highest BCUT2D eigenvalue weighted by Crippen LogP contribution is 2.34. The summed E-state index contributed by atoms with van der Waals surface area (Å²) >= 11 is 5.11. The molecule has 1 N–H and O–H groups in total. The fourth-order valence-corrected chi connectivity index (χ4v) is 3.35. The number of aryl methyl sites for hydroxylation is 1. The zero-order valence-electron chi connectivity index (χ0n) is 11.1. The lowest BCUT2D eigenvalue weighted by atomic mass is 10.2. The number of hydrogen-bond donors (Lipinski definition) is 1. The average molecular weight is 349 g/mol. The van der Waals surface area contributed by atoms with Crippen molar-refractivity contribution in [2.24, 2.45) is 0 Å². The smallest absolute Gasteiger partial charge is 0.188 e. The quantitative estimate of drug-likeness (QED) is 0.713. The number of hydrogen-bond acceptors (Lipinski definition) is 4. The minimum Gasteiger partial charge on any atom is -0.495 e. The Morgan fingerprint density at radius 1 is 1.25 bits per heavy atom. The first-order valence-corrected chi connectivity index (χ1v) is 7.75. The molecule has 3 aromatic rings. The van der Waals surface area contributed by atoms with Crippen LogP contribution < -0.4 is 10.1 Å². The van der Waals surface area contributed by atoms with E-state index >= 15 is 0 Å². The number of benzene rings is 2. The lowest BCUT2D eigenvalue weighted by Crippen LogP contribution is -1.94. The van der Waals surface area contributed by atoms with Crippen LogP contribution in [0.5, 0.6) is 5.75 Å². The third kappa shape index (κ3) is 2.51. The molecule has 0 radical (unpaired) electrons. The van der Waals surface area contributed by atoms with Crippen molar-refractivity contribution in [3.63, 3.8) is 0 Å². The lowest BCUT2D eigenvalue weighted by Gasteiger charge is -2.09. The maximum atomic E-state index is 5.36. The summed E-state index contributed by atoms with van der Waals surface area (Å²) in [5.74, 6) is 0.796. The predicted octanol–water partition coefficient (Wildman–Crippen LogP) is 5.12. The molecule has 1 heterocycles. The van der Waals surface area contributed by atoms with E-state index in [0.717, 1.165) is 26.6 Å². The molecule has 0 saturated heterocycles. The topological polar surface area (TPSA) is 34.1 Å². The number of rotatable bonds is 3. The third-order valence-electron chi connectivity index (χ3n) is 3.02. The van der Waals surface area contributed by atoms with Crippen LogP contribution in [0.15, 0.2) is 40.9 Å². The maximum Gasteiger partial charge on any atom is 0.188 e. The van der Waals surface area contributed by atoms with E-state index in [2.05, 4.69) is 51.4 Å². The molecule has 0 unspecified atom stereocenters. The van der Waals surface area contributed by atoms with Gasteiger partial charge in [-0.1, -0.05) is 39.4 Å². The molecule has 3 rings (SSSR count). The van der Waals surface area contributed by atoms with Crippen molar-refractivity contribution in [1.82, 2.24) is 4.98 Å². The van der Waals surface area contributed by atoms with E-state index in [-0.39, 0.29) is 0 Å². The Morgan fingerprint density at radius 2 is 2.10 bits per heavy atom. The second-order valence-corrected chi connectivity index (χ2v) is 6.36. The van der Waals surface area contributed by atoms with Gasteiger partial charge < -0.3 is 10.1 Å². The Labute approximate surface area is 129 Å². The summed E-state index contributed by atoms with van der Waals surface area (Å²) in [6.07, 6.45) is 0. The number of anilines is 2. The standard InChI is InChI=1S/C15H13BrN2OS/c1-9-4-3-5-13-14(9)18-15(20-13)17-11-8-10(16)6-7-12(11)19-2/h3-8H,1-2H3,(H,17,18). The Morgan fingerprint density at radius 3 is 2.85 bits per heavy atom. The predicted molar refractivity (Wildman–Crippen MR) is 88.3 cm³/mol. The van der Waals surface area contributed by atoms with Crippen LogP contribution in [0.25, 0.3) is 10.2 Å². The molecular formula is C15H13BrN2OS. The van der Waals surface area contributed by atoms with Crippen LogP contribution in [0.4, 0.5) is 10.8 Å². The van der Waals surface area contributed by atoms with Gasteiger partial charge in [-0.05, 0) is 36.8 Å². The van der Waals surface area contributed by atoms with Crippen molar-refractivity contribution in [3.05, 3.63) is 46.4 Å². The fraction of sp³-hybridized carbons (Fsp3) is 0.133. The Kier molecular flexibility index (Phi) is 3.63. The van der Waals surface area contributed by atoms with Crippen molar-refractivity contribution in [1.29, 1.82) is 0 Å². The van der Waals surface area contributed by atoms with Crippen molar-refractivity contribution >= 4 is 48.3 Å². The van der Waals surface area contributed by atoms with Crippen molar-refractivity contribution in [3.8, 4) is 5.75 Å². The molecule has 3 nitrogen and oxygen atoms in total. The van der Waals surface area contributed by atoms with Crippen LogP contribution in [0.3, 0.4) is 0 Å².